The van der Waals surface area contributed by atoms with Crippen LogP contribution in [0.15, 0.2) is 46.9 Å². The SMILES string of the molecule is CC(=C/c1ccccc1)/C=C1\SC(=S)N(N2CCOCC2)C1=O. The van der Waals surface area contributed by atoms with Crippen LogP contribution in [0.2, 0.25) is 0 Å². The van der Waals surface area contributed by atoms with Gasteiger partial charge in [-0.05, 0) is 24.1 Å². The van der Waals surface area contributed by atoms with Gasteiger partial charge in [0.15, 0.2) is 4.32 Å². The van der Waals surface area contributed by atoms with Crippen molar-refractivity contribution in [2.75, 3.05) is 26.3 Å². The summed E-state index contributed by atoms with van der Waals surface area (Å²) < 4.78 is 5.93. The van der Waals surface area contributed by atoms with Gasteiger partial charge in [0.05, 0.1) is 18.1 Å². The predicted molar refractivity (Wildman–Crippen MR) is 97.6 cm³/mol. The molecule has 0 radical (unpaired) electrons. The molecule has 1 amide bonds. The van der Waals surface area contributed by atoms with Gasteiger partial charge in [0.25, 0.3) is 5.91 Å². The maximum absolute atomic E-state index is 12.6. The summed E-state index contributed by atoms with van der Waals surface area (Å²) in [6.07, 6.45) is 3.97. The third kappa shape index (κ3) is 3.90. The van der Waals surface area contributed by atoms with E-state index >= 15 is 0 Å². The van der Waals surface area contributed by atoms with Crippen LogP contribution in [0.1, 0.15) is 12.5 Å². The summed E-state index contributed by atoms with van der Waals surface area (Å²) in [5, 5.41) is 3.59. The van der Waals surface area contributed by atoms with Gasteiger partial charge in [-0.25, -0.2) is 10.0 Å². The lowest BCUT2D eigenvalue weighted by molar-refractivity contribution is -0.138. The molecule has 2 heterocycles. The molecule has 0 N–H and O–H groups in total. The second kappa shape index (κ2) is 7.40. The van der Waals surface area contributed by atoms with Gasteiger partial charge in [0.1, 0.15) is 0 Å². The third-order valence-electron chi connectivity index (χ3n) is 3.60. The second-order valence-electron chi connectivity index (χ2n) is 5.36. The number of hydrogen-bond donors (Lipinski definition) is 0. The molecule has 2 aliphatic rings. The number of carbonyl (C=O) groups excluding carboxylic acids is 1. The van der Waals surface area contributed by atoms with Gasteiger partial charge in [0, 0.05) is 13.1 Å². The van der Waals surface area contributed by atoms with Crippen molar-refractivity contribution in [1.82, 2.24) is 10.0 Å². The first-order valence-electron chi connectivity index (χ1n) is 7.49. The van der Waals surface area contributed by atoms with E-state index in [1.165, 1.54) is 11.8 Å². The van der Waals surface area contributed by atoms with E-state index in [0.717, 1.165) is 11.1 Å². The summed E-state index contributed by atoms with van der Waals surface area (Å²) in [5.74, 6) is -0.0392. The fourth-order valence-electron chi connectivity index (χ4n) is 2.52. The Kier molecular flexibility index (Phi) is 5.27. The number of nitrogens with zero attached hydrogens (tertiary/aromatic N) is 2. The minimum absolute atomic E-state index is 0.0392. The number of hydrazine groups is 1. The fraction of sp³-hybridized carbons (Fsp3) is 0.294. The average molecular weight is 346 g/mol. The summed E-state index contributed by atoms with van der Waals surface area (Å²) in [6, 6.07) is 10.1. The number of rotatable bonds is 3. The van der Waals surface area contributed by atoms with E-state index in [2.05, 4.69) is 6.08 Å². The van der Waals surface area contributed by atoms with E-state index < -0.39 is 0 Å². The van der Waals surface area contributed by atoms with Crippen molar-refractivity contribution in [3.63, 3.8) is 0 Å². The van der Waals surface area contributed by atoms with Gasteiger partial charge < -0.3 is 4.74 Å². The molecule has 2 aliphatic heterocycles. The Hall–Kier alpha value is -1.47. The van der Waals surface area contributed by atoms with E-state index in [1.807, 2.05) is 48.3 Å². The monoisotopic (exact) mass is 346 g/mol. The minimum atomic E-state index is -0.0392. The number of allylic oxidation sites excluding steroid dienone is 2. The molecule has 0 aliphatic carbocycles. The molecule has 0 saturated carbocycles. The number of ether oxygens (including phenoxy) is 1. The van der Waals surface area contributed by atoms with Crippen LogP contribution >= 0.6 is 24.0 Å². The van der Waals surface area contributed by atoms with Crippen molar-refractivity contribution in [3.8, 4) is 0 Å². The summed E-state index contributed by atoms with van der Waals surface area (Å²) in [7, 11) is 0. The van der Waals surface area contributed by atoms with E-state index in [0.29, 0.717) is 35.5 Å². The zero-order chi connectivity index (χ0) is 16.2. The summed E-state index contributed by atoms with van der Waals surface area (Å²) in [6.45, 7) is 4.64. The number of amides is 1. The number of thioether (sulfide) groups is 1. The fourth-order valence-corrected chi connectivity index (χ4v) is 3.88. The molecule has 0 aromatic heterocycles. The van der Waals surface area contributed by atoms with Crippen molar-refractivity contribution >= 4 is 40.3 Å². The van der Waals surface area contributed by atoms with Crippen molar-refractivity contribution in [1.29, 1.82) is 0 Å². The second-order valence-corrected chi connectivity index (χ2v) is 7.03. The van der Waals surface area contributed by atoms with E-state index in [-0.39, 0.29) is 5.91 Å². The van der Waals surface area contributed by atoms with Gasteiger partial charge in [-0.15, -0.1) is 0 Å². The van der Waals surface area contributed by atoms with Gasteiger partial charge >= 0.3 is 0 Å². The van der Waals surface area contributed by atoms with Crippen molar-refractivity contribution in [3.05, 3.63) is 52.4 Å². The molecule has 120 valence electrons. The predicted octanol–water partition coefficient (Wildman–Crippen LogP) is 3.08. The highest BCUT2D eigenvalue weighted by Crippen LogP contribution is 2.33. The number of benzene rings is 1. The highest BCUT2D eigenvalue weighted by molar-refractivity contribution is 8.26. The van der Waals surface area contributed by atoms with Crippen LogP contribution < -0.4 is 0 Å². The third-order valence-corrected chi connectivity index (χ3v) is 4.88. The largest absolute Gasteiger partial charge is 0.379 e. The van der Waals surface area contributed by atoms with E-state index in [9.17, 15) is 4.79 Å². The Morgan fingerprint density at radius 1 is 1.26 bits per heavy atom. The summed E-state index contributed by atoms with van der Waals surface area (Å²) in [4.78, 5) is 13.3. The zero-order valence-corrected chi connectivity index (χ0v) is 14.5. The molecule has 4 nitrogen and oxygen atoms in total. The molecule has 23 heavy (non-hydrogen) atoms. The Bertz CT molecular complexity index is 664. The average Bonchev–Trinajstić information content (AvgIpc) is 2.83. The number of carbonyl (C=O) groups is 1. The van der Waals surface area contributed by atoms with Crippen LogP contribution in [0.3, 0.4) is 0 Å². The molecule has 1 aromatic rings. The Labute approximate surface area is 145 Å². The maximum Gasteiger partial charge on any atom is 0.280 e. The van der Waals surface area contributed by atoms with E-state index in [1.54, 1.807) is 5.01 Å². The molecule has 1 aromatic carbocycles. The first kappa shape index (κ1) is 16.4. The molecule has 0 spiro atoms. The molecular formula is C17H18N2O2S2. The van der Waals surface area contributed by atoms with Crippen LogP contribution in [0.5, 0.6) is 0 Å². The standard InChI is InChI=1S/C17H18N2O2S2/c1-13(11-14-5-3-2-4-6-14)12-15-16(20)19(17(22)23-15)18-7-9-21-10-8-18/h2-6,11-12H,7-10H2,1H3/b13-11-,15-12-. The number of hydrogen-bond acceptors (Lipinski definition) is 5. The summed E-state index contributed by atoms with van der Waals surface area (Å²) >= 11 is 6.74. The quantitative estimate of drug-likeness (QED) is 0.620. The minimum Gasteiger partial charge on any atom is -0.379 e. The Morgan fingerprint density at radius 2 is 1.96 bits per heavy atom. The highest BCUT2D eigenvalue weighted by atomic mass is 32.2. The molecule has 0 bridgehead atoms. The van der Waals surface area contributed by atoms with Crippen LogP contribution in [-0.2, 0) is 9.53 Å². The zero-order valence-electron chi connectivity index (χ0n) is 12.9. The molecule has 2 fully saturated rings. The molecule has 0 unspecified atom stereocenters. The van der Waals surface area contributed by atoms with Crippen molar-refractivity contribution in [2.45, 2.75) is 6.92 Å². The van der Waals surface area contributed by atoms with Crippen LogP contribution in [0, 0.1) is 0 Å². The van der Waals surface area contributed by atoms with Gasteiger partial charge in [-0.3, -0.25) is 4.79 Å². The molecule has 3 rings (SSSR count). The molecule has 0 atom stereocenters. The molecule has 6 heteroatoms. The van der Waals surface area contributed by atoms with E-state index in [4.69, 9.17) is 17.0 Å². The lowest BCUT2D eigenvalue weighted by atomic mass is 10.1. The summed E-state index contributed by atoms with van der Waals surface area (Å²) in [5.41, 5.74) is 2.14. The van der Waals surface area contributed by atoms with Gasteiger partial charge in [-0.1, -0.05) is 60.4 Å². The highest BCUT2D eigenvalue weighted by Gasteiger charge is 2.36. The molecular weight excluding hydrogens is 328 g/mol. The number of thiocarbonyl (C=S) groups is 1. The van der Waals surface area contributed by atoms with Crippen LogP contribution in [0.4, 0.5) is 0 Å². The first-order chi connectivity index (χ1) is 11.1. The number of morpholine rings is 1. The van der Waals surface area contributed by atoms with Gasteiger partial charge in [-0.2, -0.15) is 0 Å². The smallest absolute Gasteiger partial charge is 0.280 e. The lowest BCUT2D eigenvalue weighted by Gasteiger charge is -2.33. The van der Waals surface area contributed by atoms with Crippen molar-refractivity contribution in [2.24, 2.45) is 0 Å². The molecule has 2 saturated heterocycles. The first-order valence-corrected chi connectivity index (χ1v) is 8.71. The van der Waals surface area contributed by atoms with Crippen LogP contribution in [0.25, 0.3) is 6.08 Å². The van der Waals surface area contributed by atoms with Crippen molar-refractivity contribution < 1.29 is 9.53 Å². The lowest BCUT2D eigenvalue weighted by Crippen LogP contribution is -2.50. The normalized spacial score (nSPS) is 22.2. The van der Waals surface area contributed by atoms with Gasteiger partial charge in [0.2, 0.25) is 0 Å². The van der Waals surface area contributed by atoms with Crippen LogP contribution in [-0.4, -0.2) is 46.5 Å². The Morgan fingerprint density at radius 3 is 2.65 bits per heavy atom. The maximum atomic E-state index is 12.6. The Balaban J connectivity index is 1.77. The topological polar surface area (TPSA) is 32.8 Å².